The second-order valence-electron chi connectivity index (χ2n) is 6.05. The van der Waals surface area contributed by atoms with Crippen molar-refractivity contribution in [3.63, 3.8) is 0 Å². The van der Waals surface area contributed by atoms with Crippen LogP contribution in [0.25, 0.3) is 0 Å². The summed E-state index contributed by atoms with van der Waals surface area (Å²) < 4.78 is 0. The second kappa shape index (κ2) is 6.69. The van der Waals surface area contributed by atoms with E-state index < -0.39 is 4.92 Å². The van der Waals surface area contributed by atoms with Gasteiger partial charge in [0.2, 0.25) is 17.6 Å². The Morgan fingerprint density at radius 3 is 2.75 bits per heavy atom. The molecule has 3 N–H and O–H groups in total. The van der Waals surface area contributed by atoms with Crippen LogP contribution >= 0.6 is 0 Å². The molecule has 126 valence electrons. The molecule has 2 heterocycles. The summed E-state index contributed by atoms with van der Waals surface area (Å²) in [7, 11) is 0. The monoisotopic (exact) mass is 328 g/mol. The Bertz CT molecular complexity index is 737. The van der Waals surface area contributed by atoms with Crippen molar-refractivity contribution in [2.45, 2.75) is 19.8 Å². The maximum atomic E-state index is 11.4. The third-order valence-electron chi connectivity index (χ3n) is 4.06. The van der Waals surface area contributed by atoms with Gasteiger partial charge < -0.3 is 16.0 Å². The van der Waals surface area contributed by atoms with Crippen LogP contribution in [0.15, 0.2) is 30.3 Å². The lowest BCUT2D eigenvalue weighted by atomic mass is 10.0. The minimum atomic E-state index is -0.552. The van der Waals surface area contributed by atoms with Crippen molar-refractivity contribution in [1.29, 1.82) is 0 Å². The van der Waals surface area contributed by atoms with Crippen molar-refractivity contribution in [2.24, 2.45) is 5.92 Å². The van der Waals surface area contributed by atoms with Gasteiger partial charge in [0, 0.05) is 18.8 Å². The number of hydrogen-bond acceptors (Lipinski definition) is 7. The van der Waals surface area contributed by atoms with Gasteiger partial charge in [-0.3, -0.25) is 10.1 Å². The SMILES string of the molecule is C[C@@H]1CCCN(c2nc(N)c([N+](=O)[O-])c(Nc3ccccc3)n2)C1. The highest BCUT2D eigenvalue weighted by Crippen LogP contribution is 2.33. The van der Waals surface area contributed by atoms with Crippen molar-refractivity contribution in [2.75, 3.05) is 29.0 Å². The van der Waals surface area contributed by atoms with Crippen LogP contribution in [0, 0.1) is 16.0 Å². The van der Waals surface area contributed by atoms with Gasteiger partial charge in [-0.1, -0.05) is 25.1 Å². The molecule has 3 rings (SSSR count). The van der Waals surface area contributed by atoms with Crippen LogP contribution in [0.2, 0.25) is 0 Å². The number of hydrogen-bond donors (Lipinski definition) is 2. The molecule has 0 bridgehead atoms. The Kier molecular flexibility index (Phi) is 4.45. The van der Waals surface area contributed by atoms with Gasteiger partial charge in [0.05, 0.1) is 4.92 Å². The van der Waals surface area contributed by atoms with Gasteiger partial charge in [0.25, 0.3) is 0 Å². The van der Waals surface area contributed by atoms with E-state index in [4.69, 9.17) is 5.73 Å². The van der Waals surface area contributed by atoms with E-state index in [1.54, 1.807) is 0 Å². The van der Waals surface area contributed by atoms with Crippen molar-refractivity contribution >= 4 is 29.0 Å². The molecule has 0 unspecified atom stereocenters. The van der Waals surface area contributed by atoms with Crippen LogP contribution in [0.5, 0.6) is 0 Å². The van der Waals surface area contributed by atoms with E-state index in [0.717, 1.165) is 25.9 Å². The summed E-state index contributed by atoms with van der Waals surface area (Å²) in [6, 6.07) is 9.17. The molecule has 1 atom stereocenters. The van der Waals surface area contributed by atoms with Crippen LogP contribution < -0.4 is 16.0 Å². The number of nitrogens with one attached hydrogen (secondary N) is 1. The number of nitrogens with zero attached hydrogens (tertiary/aromatic N) is 4. The Labute approximate surface area is 139 Å². The largest absolute Gasteiger partial charge is 0.378 e. The first-order chi connectivity index (χ1) is 11.5. The number of para-hydroxylation sites is 1. The molecule has 1 aromatic heterocycles. The molecule has 0 amide bonds. The minimum absolute atomic E-state index is 0.118. The average molecular weight is 328 g/mol. The normalized spacial score (nSPS) is 17.5. The molecule has 8 nitrogen and oxygen atoms in total. The Balaban J connectivity index is 1.99. The first-order valence-corrected chi connectivity index (χ1v) is 7.93. The fourth-order valence-corrected chi connectivity index (χ4v) is 2.90. The standard InChI is InChI=1S/C16H20N6O2/c1-11-6-5-9-21(10-11)16-19-14(17)13(22(23)24)15(20-16)18-12-7-3-2-4-8-12/h2-4,7-8,11H,5-6,9-10H2,1H3,(H3,17,18,19,20)/t11-/m1/s1. The second-order valence-corrected chi connectivity index (χ2v) is 6.05. The Morgan fingerprint density at radius 2 is 2.08 bits per heavy atom. The molecular weight excluding hydrogens is 308 g/mol. The van der Waals surface area contributed by atoms with Crippen LogP contribution in [0.3, 0.4) is 0 Å². The number of rotatable bonds is 4. The summed E-state index contributed by atoms with van der Waals surface area (Å²) in [5.41, 5.74) is 6.27. The minimum Gasteiger partial charge on any atom is -0.378 e. The number of nitro groups is 1. The van der Waals surface area contributed by atoms with Crippen LogP contribution in [-0.4, -0.2) is 28.0 Å². The number of anilines is 4. The van der Waals surface area contributed by atoms with E-state index in [0.29, 0.717) is 17.6 Å². The van der Waals surface area contributed by atoms with Crippen molar-refractivity contribution < 1.29 is 4.92 Å². The third-order valence-corrected chi connectivity index (χ3v) is 4.06. The van der Waals surface area contributed by atoms with Gasteiger partial charge in [0.15, 0.2) is 0 Å². The Morgan fingerprint density at radius 1 is 1.33 bits per heavy atom. The van der Waals surface area contributed by atoms with E-state index in [-0.39, 0.29) is 17.3 Å². The zero-order valence-corrected chi connectivity index (χ0v) is 13.5. The lowest BCUT2D eigenvalue weighted by Crippen LogP contribution is -2.35. The van der Waals surface area contributed by atoms with Gasteiger partial charge in [-0.15, -0.1) is 0 Å². The summed E-state index contributed by atoms with van der Waals surface area (Å²) in [5.74, 6) is 0.959. The van der Waals surface area contributed by atoms with Crippen molar-refractivity contribution in [3.8, 4) is 0 Å². The molecule has 1 fully saturated rings. The smallest absolute Gasteiger partial charge is 0.353 e. The molecule has 24 heavy (non-hydrogen) atoms. The molecule has 0 radical (unpaired) electrons. The molecule has 0 saturated carbocycles. The van der Waals surface area contributed by atoms with E-state index in [1.807, 2.05) is 35.2 Å². The highest BCUT2D eigenvalue weighted by Gasteiger charge is 2.26. The molecule has 1 aromatic carbocycles. The zero-order valence-electron chi connectivity index (χ0n) is 13.5. The number of nitrogens with two attached hydrogens (primary N) is 1. The van der Waals surface area contributed by atoms with Gasteiger partial charge in [0.1, 0.15) is 0 Å². The summed E-state index contributed by atoms with van der Waals surface area (Å²) in [4.78, 5) is 21.4. The van der Waals surface area contributed by atoms with E-state index in [1.165, 1.54) is 0 Å². The topological polar surface area (TPSA) is 110 Å². The molecule has 2 aromatic rings. The number of nitrogen functional groups attached to an aromatic ring is 1. The molecule has 1 aliphatic heterocycles. The number of aromatic nitrogens is 2. The molecule has 1 saturated heterocycles. The average Bonchev–Trinajstić information content (AvgIpc) is 2.55. The summed E-state index contributed by atoms with van der Waals surface area (Å²) in [5, 5.41) is 14.4. The van der Waals surface area contributed by atoms with Gasteiger partial charge >= 0.3 is 5.69 Å². The van der Waals surface area contributed by atoms with Gasteiger partial charge in [-0.2, -0.15) is 9.97 Å². The highest BCUT2D eigenvalue weighted by molar-refractivity contribution is 5.74. The third kappa shape index (κ3) is 3.37. The van der Waals surface area contributed by atoms with Crippen molar-refractivity contribution in [1.82, 2.24) is 9.97 Å². The quantitative estimate of drug-likeness (QED) is 0.655. The fraction of sp³-hybridized carbons (Fsp3) is 0.375. The van der Waals surface area contributed by atoms with Crippen LogP contribution in [0.4, 0.5) is 29.0 Å². The highest BCUT2D eigenvalue weighted by atomic mass is 16.6. The molecule has 0 aliphatic carbocycles. The van der Waals surface area contributed by atoms with Gasteiger partial charge in [-0.05, 0) is 30.9 Å². The summed E-state index contributed by atoms with van der Waals surface area (Å²) >= 11 is 0. The predicted octanol–water partition coefficient (Wildman–Crippen LogP) is 2.95. The lowest BCUT2D eigenvalue weighted by Gasteiger charge is -2.31. The van der Waals surface area contributed by atoms with Crippen LogP contribution in [-0.2, 0) is 0 Å². The number of piperidine rings is 1. The van der Waals surface area contributed by atoms with Crippen molar-refractivity contribution in [3.05, 3.63) is 40.4 Å². The lowest BCUT2D eigenvalue weighted by molar-refractivity contribution is -0.383. The van der Waals surface area contributed by atoms with Crippen LogP contribution in [0.1, 0.15) is 19.8 Å². The zero-order chi connectivity index (χ0) is 17.1. The van der Waals surface area contributed by atoms with E-state index in [2.05, 4.69) is 22.2 Å². The molecule has 1 aliphatic rings. The van der Waals surface area contributed by atoms with Gasteiger partial charge in [-0.25, -0.2) is 0 Å². The Hall–Kier alpha value is -2.90. The fourth-order valence-electron chi connectivity index (χ4n) is 2.90. The predicted molar refractivity (Wildman–Crippen MR) is 93.4 cm³/mol. The summed E-state index contributed by atoms with van der Waals surface area (Å²) in [6.07, 6.45) is 2.21. The first kappa shape index (κ1) is 16.0. The molecule has 8 heteroatoms. The maximum Gasteiger partial charge on any atom is 0.353 e. The van der Waals surface area contributed by atoms with E-state index in [9.17, 15) is 10.1 Å². The number of benzene rings is 1. The molecule has 0 spiro atoms. The maximum absolute atomic E-state index is 11.4. The summed E-state index contributed by atoms with van der Waals surface area (Å²) in [6.45, 7) is 3.82. The molecular formula is C16H20N6O2. The van der Waals surface area contributed by atoms with E-state index >= 15 is 0 Å². The first-order valence-electron chi connectivity index (χ1n) is 7.93.